The van der Waals surface area contributed by atoms with Crippen molar-refractivity contribution < 1.29 is 14.6 Å². The van der Waals surface area contributed by atoms with Crippen molar-refractivity contribution >= 4 is 23.4 Å². The molecular weight excluding hydrogens is 342 g/mol. The molecule has 0 bridgehead atoms. The highest BCUT2D eigenvalue weighted by molar-refractivity contribution is 7.99. The molecule has 0 spiro atoms. The first-order chi connectivity index (χ1) is 12.2. The maximum Gasteiger partial charge on any atom is 0.234 e. The fraction of sp³-hybridized carbons (Fsp3) is 0.125. The molecule has 2 N–H and O–H groups in total. The Bertz CT molecular complexity index is 883. The number of rotatable bonds is 6. The number of carbonyl (C=O) groups excluding carboxylic acids is 1. The first-order valence-corrected chi connectivity index (χ1v) is 8.30. The summed E-state index contributed by atoms with van der Waals surface area (Å²) in [5, 5.41) is 24.4. The van der Waals surface area contributed by atoms with Gasteiger partial charge in [0.15, 0.2) is 0 Å². The molecule has 8 nitrogen and oxygen atoms in total. The number of para-hydroxylation sites is 4. The highest BCUT2D eigenvalue weighted by Crippen LogP contribution is 2.26. The van der Waals surface area contributed by atoms with Crippen molar-refractivity contribution in [1.29, 1.82) is 0 Å². The fourth-order valence-corrected chi connectivity index (χ4v) is 2.80. The number of phenols is 1. The van der Waals surface area contributed by atoms with Crippen LogP contribution in [0.2, 0.25) is 0 Å². The van der Waals surface area contributed by atoms with E-state index in [0.717, 1.165) is 0 Å². The van der Waals surface area contributed by atoms with Crippen molar-refractivity contribution in [2.75, 3.05) is 18.2 Å². The molecule has 0 aliphatic heterocycles. The van der Waals surface area contributed by atoms with E-state index < -0.39 is 0 Å². The Morgan fingerprint density at radius 2 is 2.00 bits per heavy atom. The van der Waals surface area contributed by atoms with Crippen LogP contribution in [0.25, 0.3) is 5.69 Å². The van der Waals surface area contributed by atoms with Crippen LogP contribution in [0.5, 0.6) is 11.5 Å². The molecule has 0 fully saturated rings. The third-order valence-corrected chi connectivity index (χ3v) is 4.18. The van der Waals surface area contributed by atoms with Gasteiger partial charge in [0, 0.05) is 0 Å². The van der Waals surface area contributed by atoms with Gasteiger partial charge in [0.05, 0.1) is 18.6 Å². The van der Waals surface area contributed by atoms with Crippen molar-refractivity contribution in [2.45, 2.75) is 5.16 Å². The van der Waals surface area contributed by atoms with Crippen molar-refractivity contribution in [3.8, 4) is 17.2 Å². The summed E-state index contributed by atoms with van der Waals surface area (Å²) in [4.78, 5) is 12.1. The van der Waals surface area contributed by atoms with Crippen molar-refractivity contribution in [3.05, 3.63) is 48.5 Å². The van der Waals surface area contributed by atoms with E-state index in [2.05, 4.69) is 20.8 Å². The second kappa shape index (κ2) is 7.67. The molecule has 2 aromatic carbocycles. The highest BCUT2D eigenvalue weighted by atomic mass is 32.2. The Labute approximate surface area is 147 Å². The summed E-state index contributed by atoms with van der Waals surface area (Å²) in [6.07, 6.45) is 0. The van der Waals surface area contributed by atoms with Crippen molar-refractivity contribution in [3.63, 3.8) is 0 Å². The largest absolute Gasteiger partial charge is 0.506 e. The standard InChI is InChI=1S/C16H15N5O3S/c1-24-14-9-5-3-7-12(14)21-16(18-19-20-21)25-10-15(23)17-11-6-2-4-8-13(11)22/h2-9,22H,10H2,1H3,(H,17,23). The lowest BCUT2D eigenvalue weighted by molar-refractivity contribution is -0.113. The van der Waals surface area contributed by atoms with E-state index in [0.29, 0.717) is 22.3 Å². The maximum absolute atomic E-state index is 12.1. The Morgan fingerprint density at radius 3 is 2.80 bits per heavy atom. The van der Waals surface area contributed by atoms with E-state index in [1.54, 1.807) is 31.4 Å². The van der Waals surface area contributed by atoms with Crippen LogP contribution >= 0.6 is 11.8 Å². The van der Waals surface area contributed by atoms with Gasteiger partial charge in [-0.1, -0.05) is 36.0 Å². The Kier molecular flexibility index (Phi) is 5.14. The zero-order chi connectivity index (χ0) is 17.6. The van der Waals surface area contributed by atoms with E-state index in [1.807, 2.05) is 18.2 Å². The monoisotopic (exact) mass is 357 g/mol. The molecule has 25 heavy (non-hydrogen) atoms. The van der Waals surface area contributed by atoms with Gasteiger partial charge < -0.3 is 15.2 Å². The van der Waals surface area contributed by atoms with Gasteiger partial charge in [-0.3, -0.25) is 4.79 Å². The smallest absolute Gasteiger partial charge is 0.234 e. The summed E-state index contributed by atoms with van der Waals surface area (Å²) in [5.74, 6) is 0.445. The number of nitrogens with one attached hydrogen (secondary N) is 1. The molecule has 128 valence electrons. The van der Waals surface area contributed by atoms with E-state index in [1.165, 1.54) is 22.5 Å². The van der Waals surface area contributed by atoms with Crippen LogP contribution in [0, 0.1) is 0 Å². The van der Waals surface area contributed by atoms with Crippen LogP contribution in [-0.4, -0.2) is 44.1 Å². The number of tetrazole rings is 1. The molecule has 0 saturated carbocycles. The average Bonchev–Trinajstić information content (AvgIpc) is 3.10. The number of ether oxygens (including phenoxy) is 1. The van der Waals surface area contributed by atoms with Crippen LogP contribution in [0.3, 0.4) is 0 Å². The molecule has 3 aromatic rings. The summed E-state index contributed by atoms with van der Waals surface area (Å²) >= 11 is 1.18. The van der Waals surface area contributed by atoms with Crippen molar-refractivity contribution in [1.82, 2.24) is 20.2 Å². The highest BCUT2D eigenvalue weighted by Gasteiger charge is 2.15. The normalized spacial score (nSPS) is 10.4. The van der Waals surface area contributed by atoms with Gasteiger partial charge in [0.1, 0.15) is 17.2 Å². The predicted octanol–water partition coefficient (Wildman–Crippen LogP) is 2.11. The van der Waals surface area contributed by atoms with E-state index in [4.69, 9.17) is 4.74 Å². The number of thioether (sulfide) groups is 1. The minimum Gasteiger partial charge on any atom is -0.506 e. The number of benzene rings is 2. The maximum atomic E-state index is 12.1. The molecule has 0 unspecified atom stereocenters. The number of nitrogens with zero attached hydrogens (tertiary/aromatic N) is 4. The number of carbonyl (C=O) groups is 1. The topological polar surface area (TPSA) is 102 Å². The zero-order valence-corrected chi connectivity index (χ0v) is 14.1. The van der Waals surface area contributed by atoms with E-state index >= 15 is 0 Å². The van der Waals surface area contributed by atoms with E-state index in [-0.39, 0.29) is 17.4 Å². The molecule has 1 amide bonds. The number of phenolic OH excluding ortho intramolecular Hbond substituents is 1. The minimum absolute atomic E-state index is 0.0136. The minimum atomic E-state index is -0.277. The summed E-state index contributed by atoms with van der Waals surface area (Å²) in [7, 11) is 1.57. The summed E-state index contributed by atoms with van der Waals surface area (Å²) in [6, 6.07) is 13.9. The third kappa shape index (κ3) is 3.89. The van der Waals surface area contributed by atoms with Crippen molar-refractivity contribution in [2.24, 2.45) is 0 Å². The molecular formula is C16H15N5O3S. The molecule has 0 saturated heterocycles. The van der Waals surface area contributed by atoms with Crippen LogP contribution < -0.4 is 10.1 Å². The van der Waals surface area contributed by atoms with Crippen LogP contribution in [0.1, 0.15) is 0 Å². The van der Waals surface area contributed by atoms with E-state index in [9.17, 15) is 9.90 Å². The average molecular weight is 357 g/mol. The van der Waals surface area contributed by atoms with Gasteiger partial charge in [-0.15, -0.1) is 5.10 Å². The first-order valence-electron chi connectivity index (χ1n) is 7.31. The van der Waals surface area contributed by atoms with Crippen LogP contribution in [0.4, 0.5) is 5.69 Å². The second-order valence-corrected chi connectivity index (χ2v) is 5.84. The second-order valence-electron chi connectivity index (χ2n) is 4.90. The lowest BCUT2D eigenvalue weighted by Gasteiger charge is -2.09. The summed E-state index contributed by atoms with van der Waals surface area (Å²) in [5.41, 5.74) is 1.04. The number of aromatic nitrogens is 4. The van der Waals surface area contributed by atoms with Gasteiger partial charge in [-0.25, -0.2) is 0 Å². The Hall–Kier alpha value is -3.07. The summed E-state index contributed by atoms with van der Waals surface area (Å²) in [6.45, 7) is 0. The van der Waals surface area contributed by atoms with Gasteiger partial charge in [-0.2, -0.15) is 4.68 Å². The molecule has 0 aliphatic rings. The molecule has 9 heteroatoms. The molecule has 1 heterocycles. The third-order valence-electron chi connectivity index (χ3n) is 3.26. The zero-order valence-electron chi connectivity index (χ0n) is 13.3. The fourth-order valence-electron chi connectivity index (χ4n) is 2.12. The Balaban J connectivity index is 1.70. The number of amides is 1. The quantitative estimate of drug-likeness (QED) is 0.514. The number of anilines is 1. The van der Waals surface area contributed by atoms with Crippen LogP contribution in [-0.2, 0) is 4.79 Å². The number of hydrogen-bond acceptors (Lipinski definition) is 7. The number of methoxy groups -OCH3 is 1. The van der Waals surface area contributed by atoms with Crippen LogP contribution in [0.15, 0.2) is 53.7 Å². The SMILES string of the molecule is COc1ccccc1-n1nnnc1SCC(=O)Nc1ccccc1O. The molecule has 0 radical (unpaired) electrons. The molecule has 0 aliphatic carbocycles. The lowest BCUT2D eigenvalue weighted by Crippen LogP contribution is -2.14. The summed E-state index contributed by atoms with van der Waals surface area (Å²) < 4.78 is 6.82. The first kappa shape index (κ1) is 16.8. The molecule has 0 atom stereocenters. The van der Waals surface area contributed by atoms with Gasteiger partial charge in [0.25, 0.3) is 0 Å². The molecule has 1 aromatic heterocycles. The van der Waals surface area contributed by atoms with Gasteiger partial charge in [0.2, 0.25) is 11.1 Å². The lowest BCUT2D eigenvalue weighted by atomic mass is 10.3. The van der Waals surface area contributed by atoms with Gasteiger partial charge >= 0.3 is 0 Å². The molecule has 3 rings (SSSR count). The number of aromatic hydroxyl groups is 1. The Morgan fingerprint density at radius 1 is 1.24 bits per heavy atom. The van der Waals surface area contributed by atoms with Gasteiger partial charge in [-0.05, 0) is 34.7 Å². The number of hydrogen-bond donors (Lipinski definition) is 2. The predicted molar refractivity (Wildman–Crippen MR) is 93.2 cm³/mol.